The summed E-state index contributed by atoms with van der Waals surface area (Å²) in [4.78, 5) is 4.02. The number of nitrogens with two attached hydrogens (primary N) is 2. The normalized spacial score (nSPS) is 12.4. The van der Waals surface area contributed by atoms with E-state index in [2.05, 4.69) is 10.4 Å². The summed E-state index contributed by atoms with van der Waals surface area (Å²) in [6, 6.07) is 5.88. The zero-order valence-electron chi connectivity index (χ0n) is 10.0. The minimum atomic E-state index is -0.380. The SMILES string of the molecule is Cc1ccc(F)cc1C(NN)c1cnccc1N. The molecular formula is C13H15FN4. The molecule has 1 aromatic carbocycles. The van der Waals surface area contributed by atoms with Crippen molar-refractivity contribution in [1.29, 1.82) is 0 Å². The Morgan fingerprint density at radius 2 is 2.06 bits per heavy atom. The van der Waals surface area contributed by atoms with E-state index < -0.39 is 0 Å². The van der Waals surface area contributed by atoms with Gasteiger partial charge in [0.2, 0.25) is 0 Å². The van der Waals surface area contributed by atoms with Gasteiger partial charge in [0.05, 0.1) is 6.04 Å². The van der Waals surface area contributed by atoms with Gasteiger partial charge in [-0.05, 0) is 36.2 Å². The average Bonchev–Trinajstić information content (AvgIpc) is 2.36. The molecule has 1 unspecified atom stereocenters. The van der Waals surface area contributed by atoms with E-state index in [1.165, 1.54) is 12.1 Å². The molecule has 0 spiro atoms. The second-order valence-corrected chi connectivity index (χ2v) is 4.11. The summed E-state index contributed by atoms with van der Waals surface area (Å²) in [5.74, 6) is 5.26. The van der Waals surface area contributed by atoms with Gasteiger partial charge in [0, 0.05) is 23.6 Å². The molecular weight excluding hydrogens is 231 g/mol. The molecule has 18 heavy (non-hydrogen) atoms. The van der Waals surface area contributed by atoms with Crippen LogP contribution in [-0.2, 0) is 0 Å². The fourth-order valence-electron chi connectivity index (χ4n) is 1.93. The molecule has 1 heterocycles. The van der Waals surface area contributed by atoms with Crippen LogP contribution in [0.25, 0.3) is 0 Å². The number of anilines is 1. The van der Waals surface area contributed by atoms with Crippen LogP contribution in [0, 0.1) is 12.7 Å². The number of hydrogen-bond acceptors (Lipinski definition) is 4. The van der Waals surface area contributed by atoms with Crippen molar-refractivity contribution in [2.75, 3.05) is 5.73 Å². The Hall–Kier alpha value is -1.98. The molecule has 0 amide bonds. The first-order valence-electron chi connectivity index (χ1n) is 5.55. The molecule has 0 bridgehead atoms. The quantitative estimate of drug-likeness (QED) is 0.568. The maximum Gasteiger partial charge on any atom is 0.123 e. The van der Waals surface area contributed by atoms with Crippen LogP contribution >= 0.6 is 0 Å². The average molecular weight is 246 g/mol. The zero-order chi connectivity index (χ0) is 13.1. The van der Waals surface area contributed by atoms with Gasteiger partial charge in [-0.25, -0.2) is 9.82 Å². The second kappa shape index (κ2) is 5.12. The zero-order valence-corrected chi connectivity index (χ0v) is 10.0. The summed E-state index contributed by atoms with van der Waals surface area (Å²) in [6.07, 6.45) is 3.23. The first-order valence-corrected chi connectivity index (χ1v) is 5.55. The molecule has 0 fully saturated rings. The summed E-state index contributed by atoms with van der Waals surface area (Å²) in [7, 11) is 0. The van der Waals surface area contributed by atoms with Crippen molar-refractivity contribution in [1.82, 2.24) is 10.4 Å². The van der Waals surface area contributed by atoms with Crippen molar-refractivity contribution in [2.45, 2.75) is 13.0 Å². The van der Waals surface area contributed by atoms with Gasteiger partial charge in [-0.3, -0.25) is 10.8 Å². The molecule has 5 heteroatoms. The maximum atomic E-state index is 13.3. The lowest BCUT2D eigenvalue weighted by molar-refractivity contribution is 0.602. The number of hydrogen-bond donors (Lipinski definition) is 3. The highest BCUT2D eigenvalue weighted by Gasteiger charge is 2.17. The van der Waals surface area contributed by atoms with E-state index in [1.54, 1.807) is 24.5 Å². The topological polar surface area (TPSA) is 77.0 Å². The molecule has 0 aliphatic rings. The monoisotopic (exact) mass is 246 g/mol. The summed E-state index contributed by atoms with van der Waals surface area (Å²) in [5, 5.41) is 0. The molecule has 1 atom stereocenters. The molecule has 0 saturated heterocycles. The van der Waals surface area contributed by atoms with Crippen molar-refractivity contribution >= 4 is 5.69 Å². The Bertz CT molecular complexity index is 556. The molecule has 2 rings (SSSR count). The number of rotatable bonds is 3. The predicted molar refractivity (Wildman–Crippen MR) is 69.0 cm³/mol. The van der Waals surface area contributed by atoms with Gasteiger partial charge in [0.25, 0.3) is 0 Å². The van der Waals surface area contributed by atoms with Crippen molar-refractivity contribution in [3.63, 3.8) is 0 Å². The van der Waals surface area contributed by atoms with Gasteiger partial charge in [0.15, 0.2) is 0 Å². The van der Waals surface area contributed by atoms with Gasteiger partial charge in [-0.1, -0.05) is 6.07 Å². The maximum absolute atomic E-state index is 13.3. The Morgan fingerprint density at radius 3 is 2.72 bits per heavy atom. The molecule has 0 saturated carbocycles. The van der Waals surface area contributed by atoms with Crippen molar-refractivity contribution in [3.05, 3.63) is 59.2 Å². The van der Waals surface area contributed by atoms with Crippen LogP contribution in [0.15, 0.2) is 36.7 Å². The number of halogens is 1. The minimum absolute atomic E-state index is 0.307. The van der Waals surface area contributed by atoms with E-state index in [4.69, 9.17) is 11.6 Å². The predicted octanol–water partition coefficient (Wildman–Crippen LogP) is 1.66. The van der Waals surface area contributed by atoms with Crippen molar-refractivity contribution in [2.24, 2.45) is 5.84 Å². The molecule has 0 aliphatic heterocycles. The molecule has 2 aromatic rings. The lowest BCUT2D eigenvalue weighted by atomic mass is 9.95. The number of benzene rings is 1. The molecule has 5 N–H and O–H groups in total. The summed E-state index contributed by atoms with van der Waals surface area (Å²) >= 11 is 0. The highest BCUT2D eigenvalue weighted by molar-refractivity contribution is 5.50. The number of aryl methyl sites for hydroxylation is 1. The Labute approximate surface area is 105 Å². The summed E-state index contributed by atoms with van der Waals surface area (Å²) in [6.45, 7) is 1.89. The summed E-state index contributed by atoms with van der Waals surface area (Å²) < 4.78 is 13.3. The van der Waals surface area contributed by atoms with E-state index in [1.807, 2.05) is 6.92 Å². The van der Waals surface area contributed by atoms with Crippen LogP contribution in [0.2, 0.25) is 0 Å². The molecule has 0 aliphatic carbocycles. The second-order valence-electron chi connectivity index (χ2n) is 4.11. The van der Waals surface area contributed by atoms with E-state index in [0.717, 1.165) is 16.7 Å². The van der Waals surface area contributed by atoms with Crippen LogP contribution in [0.3, 0.4) is 0 Å². The Kier molecular flexibility index (Phi) is 3.55. The molecule has 0 radical (unpaired) electrons. The van der Waals surface area contributed by atoms with Crippen LogP contribution in [0.4, 0.5) is 10.1 Å². The smallest absolute Gasteiger partial charge is 0.123 e. The number of nitrogens with one attached hydrogen (secondary N) is 1. The minimum Gasteiger partial charge on any atom is -0.398 e. The highest BCUT2D eigenvalue weighted by Crippen LogP contribution is 2.27. The van der Waals surface area contributed by atoms with Crippen LogP contribution in [0.5, 0.6) is 0 Å². The standard InChI is InChI=1S/C13H15FN4/c1-8-2-3-9(14)6-10(8)13(18-16)11-7-17-5-4-12(11)15/h2-7,13,18H,16H2,1H3,(H2,15,17). The largest absolute Gasteiger partial charge is 0.398 e. The highest BCUT2D eigenvalue weighted by atomic mass is 19.1. The number of nitrogen functional groups attached to an aromatic ring is 1. The Balaban J connectivity index is 2.52. The third-order valence-corrected chi connectivity index (χ3v) is 2.92. The number of hydrazine groups is 1. The summed E-state index contributed by atoms with van der Waals surface area (Å²) in [5.41, 5.74) is 11.5. The Morgan fingerprint density at radius 1 is 1.28 bits per heavy atom. The van der Waals surface area contributed by atoms with Crippen molar-refractivity contribution in [3.8, 4) is 0 Å². The van der Waals surface area contributed by atoms with Gasteiger partial charge >= 0.3 is 0 Å². The van der Waals surface area contributed by atoms with E-state index in [-0.39, 0.29) is 11.9 Å². The lowest BCUT2D eigenvalue weighted by Gasteiger charge is -2.20. The van der Waals surface area contributed by atoms with Gasteiger partial charge in [-0.15, -0.1) is 0 Å². The van der Waals surface area contributed by atoms with E-state index >= 15 is 0 Å². The van der Waals surface area contributed by atoms with Crippen LogP contribution in [0.1, 0.15) is 22.7 Å². The first-order chi connectivity index (χ1) is 8.63. The van der Waals surface area contributed by atoms with E-state index in [9.17, 15) is 4.39 Å². The van der Waals surface area contributed by atoms with Gasteiger partial charge in [0.1, 0.15) is 5.82 Å². The van der Waals surface area contributed by atoms with Gasteiger partial charge < -0.3 is 5.73 Å². The fraction of sp³-hybridized carbons (Fsp3) is 0.154. The number of aromatic nitrogens is 1. The fourth-order valence-corrected chi connectivity index (χ4v) is 1.93. The molecule has 4 nitrogen and oxygen atoms in total. The molecule has 94 valence electrons. The first kappa shape index (κ1) is 12.5. The van der Waals surface area contributed by atoms with Gasteiger partial charge in [-0.2, -0.15) is 0 Å². The number of pyridine rings is 1. The lowest BCUT2D eigenvalue weighted by Crippen LogP contribution is -2.30. The third-order valence-electron chi connectivity index (χ3n) is 2.92. The van der Waals surface area contributed by atoms with Crippen molar-refractivity contribution < 1.29 is 4.39 Å². The van der Waals surface area contributed by atoms with E-state index in [0.29, 0.717) is 5.69 Å². The van der Waals surface area contributed by atoms with Crippen LogP contribution < -0.4 is 17.0 Å². The third kappa shape index (κ3) is 2.32. The molecule has 1 aromatic heterocycles. The number of nitrogens with zero attached hydrogens (tertiary/aromatic N) is 1. The van der Waals surface area contributed by atoms with Crippen LogP contribution in [-0.4, -0.2) is 4.98 Å².